The number of hydrogen-bond donors (Lipinski definition) is 0. The van der Waals surface area contributed by atoms with Crippen LogP contribution in [-0.4, -0.2) is 32.1 Å². The molecule has 0 saturated carbocycles. The number of aromatic nitrogens is 2. The van der Waals surface area contributed by atoms with Gasteiger partial charge in [0.2, 0.25) is 0 Å². The Hall–Kier alpha value is -1.11. The number of carbonyl (C=O) groups is 1. The molecule has 0 aliphatic heterocycles. The summed E-state index contributed by atoms with van der Waals surface area (Å²) >= 11 is 2.58. The van der Waals surface area contributed by atoms with E-state index >= 15 is 0 Å². The Bertz CT molecular complexity index is 450. The normalized spacial score (nSPS) is 10.5. The topological polar surface area (TPSA) is 34.9 Å². The summed E-state index contributed by atoms with van der Waals surface area (Å²) in [4.78, 5) is 14.8. The van der Waals surface area contributed by atoms with Gasteiger partial charge in [0.25, 0.3) is 0 Å². The molecule has 0 N–H and O–H groups in total. The molecule has 0 aliphatic carbocycles. The van der Waals surface area contributed by atoms with E-state index in [-0.39, 0.29) is 0 Å². The van der Waals surface area contributed by atoms with E-state index in [0.717, 1.165) is 17.3 Å². The molecule has 2 aromatic rings. The average Bonchev–Trinajstić information content (AvgIpc) is 2.55. The molecule has 0 fully saturated rings. The molecule has 62 valence electrons. The van der Waals surface area contributed by atoms with Crippen LogP contribution in [0.4, 0.5) is 0 Å². The van der Waals surface area contributed by atoms with Gasteiger partial charge in [-0.05, 0) is 17.5 Å². The van der Waals surface area contributed by atoms with Gasteiger partial charge in [0.1, 0.15) is 0 Å². The molecule has 0 atom stereocenters. The van der Waals surface area contributed by atoms with E-state index in [1.807, 2.05) is 28.8 Å². The predicted molar refractivity (Wildman–Crippen MR) is 50.9 cm³/mol. The minimum atomic E-state index is 0.483. The highest BCUT2D eigenvalue weighted by Gasteiger charge is 2.05. The van der Waals surface area contributed by atoms with E-state index in [0.29, 0.717) is 11.2 Å². The zero-order chi connectivity index (χ0) is 9.26. The largest absolute Gasteiger partial charge is 0.338 e. The minimum absolute atomic E-state index is 0.483. The van der Waals surface area contributed by atoms with Crippen molar-refractivity contribution in [2.45, 2.75) is 5.41 Å². The molecule has 13 heavy (non-hydrogen) atoms. The van der Waals surface area contributed by atoms with E-state index in [2.05, 4.69) is 21.3 Å². The minimum Gasteiger partial charge on any atom is -0.338 e. The molecule has 2 rings (SSSR count). The molecule has 3 nitrogen and oxygen atoms in total. The van der Waals surface area contributed by atoms with Crippen LogP contribution in [0.5, 0.6) is 0 Å². The first-order chi connectivity index (χ1) is 6.36. The Balaban J connectivity index is 2.81. The Kier molecular flexibility index (Phi) is 2.17. The van der Waals surface area contributed by atoms with Crippen molar-refractivity contribution in [1.29, 1.82) is 0 Å². The number of carbonyl (C=O) groups excluding carboxylic acids is 1. The highest BCUT2D eigenvalue weighted by molar-refractivity contribution is 6.07. The zero-order valence-electron chi connectivity index (χ0n) is 6.97. The van der Waals surface area contributed by atoms with E-state index in [4.69, 9.17) is 0 Å². The lowest BCUT2D eigenvalue weighted by atomic mass is 10.3. The van der Waals surface area contributed by atoms with Gasteiger partial charge in [0.15, 0.2) is 28.4 Å². The second kappa shape index (κ2) is 3.33. The average molecular weight is 186 g/mol. The fourth-order valence-corrected chi connectivity index (χ4v) is 1.76. The fraction of sp³-hybridized carbons (Fsp3) is 0.111. The van der Waals surface area contributed by atoms with Crippen LogP contribution in [-0.2, 0) is 5.41 Å². The van der Waals surface area contributed by atoms with Crippen LogP contribution < -0.4 is 0 Å². The smallest absolute Gasteiger partial charge is 0.185 e. The first-order valence-electron chi connectivity index (χ1n) is 3.97. The van der Waals surface area contributed by atoms with Gasteiger partial charge in [0.05, 0.1) is 11.0 Å². The van der Waals surface area contributed by atoms with Crippen LogP contribution in [0.15, 0.2) is 24.3 Å². The Morgan fingerprint density at radius 3 is 2.92 bits per heavy atom. The van der Waals surface area contributed by atoms with Crippen molar-refractivity contribution >= 4 is 33.6 Å². The van der Waals surface area contributed by atoms with Crippen LogP contribution in [0.25, 0.3) is 11.0 Å². The maximum Gasteiger partial charge on any atom is 0.185 e. The number of hydrogen-bond acceptors (Lipinski definition) is 2. The van der Waals surface area contributed by atoms with Crippen molar-refractivity contribution in [2.75, 3.05) is 0 Å². The number of fused-ring (bicyclic) bond motifs is 1. The maximum atomic E-state index is 10.7. The molecule has 0 spiro atoms. The van der Waals surface area contributed by atoms with Crippen molar-refractivity contribution < 1.29 is 4.79 Å². The lowest BCUT2D eigenvalue weighted by Gasteiger charge is -2.00. The van der Waals surface area contributed by atoms with Gasteiger partial charge in [-0.15, -0.1) is 0 Å². The van der Waals surface area contributed by atoms with Crippen LogP contribution >= 0.6 is 0 Å². The Morgan fingerprint density at radius 1 is 1.46 bits per heavy atom. The van der Waals surface area contributed by atoms with E-state index in [1.165, 1.54) is 0 Å². The van der Waals surface area contributed by atoms with E-state index in [9.17, 15) is 4.79 Å². The summed E-state index contributed by atoms with van der Waals surface area (Å²) in [6.45, 7) is 0. The first-order valence-corrected chi connectivity index (χ1v) is 4.79. The summed E-state index contributed by atoms with van der Waals surface area (Å²) in [5.74, 6) is 0.483. The van der Waals surface area contributed by atoms with Gasteiger partial charge in [-0.25, -0.2) is 4.98 Å². The predicted octanol–water partition coefficient (Wildman–Crippen LogP) is 0.975. The summed E-state index contributed by atoms with van der Waals surface area (Å²) in [5, 5.41) is 0.689. The number of benzene rings is 1. The second-order valence-electron chi connectivity index (χ2n) is 2.69. The van der Waals surface area contributed by atoms with E-state index in [1.54, 1.807) is 0 Å². The summed E-state index contributed by atoms with van der Waals surface area (Å²) < 4.78 is 1.87. The molecular weight excluding hydrogens is 179 g/mol. The quantitative estimate of drug-likeness (QED) is 0.517. The zero-order valence-corrected chi connectivity index (χ0v) is 8.13. The van der Waals surface area contributed by atoms with Crippen molar-refractivity contribution in [2.24, 2.45) is 0 Å². The standard InChI is InChI=1S/C9H7N2O.Al/c1-11-8-5-3-2-4-7(8)10-9(11)6-12;/h2-6H,1H2;. The van der Waals surface area contributed by atoms with Crippen molar-refractivity contribution in [3.8, 4) is 0 Å². The molecule has 1 heterocycles. The first kappa shape index (κ1) is 8.49. The molecular formula is C9H7AlN2O. The highest BCUT2D eigenvalue weighted by atomic mass is 27.0. The third kappa shape index (κ3) is 1.28. The monoisotopic (exact) mass is 186 g/mol. The molecule has 1 aromatic carbocycles. The summed E-state index contributed by atoms with van der Waals surface area (Å²) in [6.07, 6.45) is 0.782. The van der Waals surface area contributed by atoms with Crippen molar-refractivity contribution in [3.05, 3.63) is 30.1 Å². The van der Waals surface area contributed by atoms with Crippen molar-refractivity contribution in [3.63, 3.8) is 0 Å². The summed E-state index contributed by atoms with van der Waals surface area (Å²) in [5.41, 5.74) is 1.87. The van der Waals surface area contributed by atoms with Crippen LogP contribution in [0.3, 0.4) is 0 Å². The lowest BCUT2D eigenvalue weighted by Crippen LogP contribution is -2.02. The molecule has 0 amide bonds. The molecule has 0 unspecified atom stereocenters. The third-order valence-electron chi connectivity index (χ3n) is 1.97. The summed E-state index contributed by atoms with van der Waals surface area (Å²) in [6, 6.07) is 7.71. The van der Waals surface area contributed by atoms with Gasteiger partial charge < -0.3 is 4.57 Å². The number of imidazole rings is 1. The maximum absolute atomic E-state index is 10.7. The summed E-state index contributed by atoms with van der Waals surface area (Å²) in [7, 11) is 0. The SMILES string of the molecule is O=Cc1nc2ccccc2n1[CH2][Al]. The number of para-hydroxylation sites is 2. The van der Waals surface area contributed by atoms with Crippen molar-refractivity contribution in [1.82, 2.24) is 9.55 Å². The van der Waals surface area contributed by atoms with Crippen LogP contribution in [0, 0.1) is 0 Å². The van der Waals surface area contributed by atoms with Gasteiger partial charge in [-0.2, -0.15) is 0 Å². The Labute approximate surface area is 83.8 Å². The molecule has 0 bridgehead atoms. The van der Waals surface area contributed by atoms with Gasteiger partial charge in [-0.1, -0.05) is 12.1 Å². The van der Waals surface area contributed by atoms with E-state index < -0.39 is 0 Å². The molecule has 0 saturated heterocycles. The van der Waals surface area contributed by atoms with Gasteiger partial charge >= 0.3 is 0 Å². The Morgan fingerprint density at radius 2 is 2.23 bits per heavy atom. The molecule has 2 radical (unpaired) electrons. The van der Waals surface area contributed by atoms with Gasteiger partial charge in [0, 0.05) is 0 Å². The third-order valence-corrected chi connectivity index (χ3v) is 2.34. The molecule has 0 aliphatic rings. The molecule has 4 heteroatoms. The molecule has 1 aromatic heterocycles. The van der Waals surface area contributed by atoms with Gasteiger partial charge in [-0.3, -0.25) is 4.79 Å². The number of nitrogens with zero attached hydrogens (tertiary/aromatic N) is 2. The highest BCUT2D eigenvalue weighted by Crippen LogP contribution is 2.13. The number of aldehydes is 1. The number of rotatable bonds is 2. The fourth-order valence-electron chi connectivity index (χ4n) is 1.38. The second-order valence-corrected chi connectivity index (χ2v) is 3.05. The lowest BCUT2D eigenvalue weighted by molar-refractivity contribution is 0.111. The van der Waals surface area contributed by atoms with Crippen LogP contribution in [0.1, 0.15) is 10.6 Å². The van der Waals surface area contributed by atoms with Crippen LogP contribution in [0.2, 0.25) is 0 Å².